The van der Waals surface area contributed by atoms with E-state index >= 15 is 0 Å². The quantitative estimate of drug-likeness (QED) is 0.607. The van der Waals surface area contributed by atoms with E-state index in [-0.39, 0.29) is 6.61 Å². The molecule has 1 saturated carbocycles. The summed E-state index contributed by atoms with van der Waals surface area (Å²) in [5.41, 5.74) is -0.338. The number of nitrogens with zero attached hydrogens (tertiary/aromatic N) is 1. The molecule has 1 aromatic rings. The summed E-state index contributed by atoms with van der Waals surface area (Å²) >= 11 is 0. The second kappa shape index (κ2) is 3.91. The molecule has 0 saturated heterocycles. The van der Waals surface area contributed by atoms with Crippen molar-refractivity contribution in [3.05, 3.63) is 35.4 Å². The van der Waals surface area contributed by atoms with Gasteiger partial charge in [-0.3, -0.25) is 14.5 Å². The molecule has 19 heavy (non-hydrogen) atoms. The van der Waals surface area contributed by atoms with Crippen LogP contribution in [0.2, 0.25) is 0 Å². The molecular weight excluding hydrogens is 246 g/mol. The van der Waals surface area contributed by atoms with Gasteiger partial charge in [-0.05, 0) is 31.9 Å². The fourth-order valence-corrected chi connectivity index (χ4v) is 2.48. The summed E-state index contributed by atoms with van der Waals surface area (Å²) in [6, 6.07) is 6.63. The Morgan fingerprint density at radius 2 is 1.74 bits per heavy atom. The van der Waals surface area contributed by atoms with Gasteiger partial charge >= 0.3 is 5.97 Å². The molecule has 2 aliphatic rings. The van der Waals surface area contributed by atoms with Gasteiger partial charge in [-0.2, -0.15) is 0 Å². The van der Waals surface area contributed by atoms with Crippen LogP contribution in [0.3, 0.4) is 0 Å². The molecule has 0 unspecified atom stereocenters. The van der Waals surface area contributed by atoms with Crippen molar-refractivity contribution in [1.82, 2.24) is 4.90 Å². The van der Waals surface area contributed by atoms with E-state index in [1.165, 1.54) is 0 Å². The lowest BCUT2D eigenvalue weighted by Gasteiger charge is -2.23. The highest BCUT2D eigenvalue weighted by Crippen LogP contribution is 2.46. The molecule has 5 heteroatoms. The number of carbonyl (C=O) groups excluding carboxylic acids is 3. The molecule has 0 bridgehead atoms. The van der Waals surface area contributed by atoms with Crippen molar-refractivity contribution in [2.75, 3.05) is 6.61 Å². The van der Waals surface area contributed by atoms with Gasteiger partial charge in [0.2, 0.25) is 0 Å². The third kappa shape index (κ3) is 1.51. The first-order valence-corrected chi connectivity index (χ1v) is 6.27. The van der Waals surface area contributed by atoms with Gasteiger partial charge in [0.1, 0.15) is 5.54 Å². The van der Waals surface area contributed by atoms with Crippen LogP contribution in [-0.4, -0.2) is 34.8 Å². The SMILES string of the molecule is CCOC(=O)C1(N2C(=O)c3ccccc3C2=O)CC1. The first-order valence-electron chi connectivity index (χ1n) is 6.27. The topological polar surface area (TPSA) is 63.7 Å². The van der Waals surface area contributed by atoms with Gasteiger partial charge in [0.05, 0.1) is 17.7 Å². The maximum Gasteiger partial charge on any atom is 0.332 e. The third-order valence-corrected chi connectivity index (χ3v) is 3.60. The predicted molar refractivity (Wildman–Crippen MR) is 65.5 cm³/mol. The number of imide groups is 1. The molecule has 0 atom stereocenters. The van der Waals surface area contributed by atoms with Gasteiger partial charge in [-0.1, -0.05) is 12.1 Å². The maximum atomic E-state index is 12.3. The molecule has 5 nitrogen and oxygen atoms in total. The van der Waals surface area contributed by atoms with Crippen LogP contribution in [0.15, 0.2) is 24.3 Å². The van der Waals surface area contributed by atoms with Crippen molar-refractivity contribution in [1.29, 1.82) is 0 Å². The minimum Gasteiger partial charge on any atom is -0.464 e. The number of carbonyl (C=O) groups is 3. The smallest absolute Gasteiger partial charge is 0.332 e. The van der Waals surface area contributed by atoms with Crippen LogP contribution in [0.5, 0.6) is 0 Å². The standard InChI is InChI=1S/C14H13NO4/c1-2-19-13(18)14(7-8-14)15-11(16)9-5-3-4-6-10(9)12(15)17/h3-6H,2,7-8H2,1H3. The Morgan fingerprint density at radius 3 is 2.16 bits per heavy atom. The Morgan fingerprint density at radius 1 is 1.21 bits per heavy atom. The van der Waals surface area contributed by atoms with E-state index in [9.17, 15) is 14.4 Å². The predicted octanol–water partition coefficient (Wildman–Crippen LogP) is 1.38. The molecule has 1 aliphatic heterocycles. The van der Waals surface area contributed by atoms with Gasteiger partial charge in [-0.25, -0.2) is 4.79 Å². The van der Waals surface area contributed by atoms with Crippen molar-refractivity contribution in [2.45, 2.75) is 25.3 Å². The number of hydrogen-bond donors (Lipinski definition) is 0. The lowest BCUT2D eigenvalue weighted by molar-refractivity contribution is -0.149. The monoisotopic (exact) mass is 259 g/mol. The van der Waals surface area contributed by atoms with E-state index < -0.39 is 23.3 Å². The average molecular weight is 259 g/mol. The zero-order valence-corrected chi connectivity index (χ0v) is 10.5. The van der Waals surface area contributed by atoms with Crippen LogP contribution in [-0.2, 0) is 9.53 Å². The zero-order valence-electron chi connectivity index (χ0n) is 10.5. The Hall–Kier alpha value is -2.17. The van der Waals surface area contributed by atoms with Crippen molar-refractivity contribution < 1.29 is 19.1 Å². The minimum absolute atomic E-state index is 0.240. The van der Waals surface area contributed by atoms with Crippen LogP contribution >= 0.6 is 0 Å². The summed E-state index contributed by atoms with van der Waals surface area (Å²) in [7, 11) is 0. The Bertz CT molecular complexity index is 554. The number of hydrogen-bond acceptors (Lipinski definition) is 4. The second-order valence-corrected chi connectivity index (χ2v) is 4.74. The van der Waals surface area contributed by atoms with Crippen molar-refractivity contribution in [3.8, 4) is 0 Å². The molecule has 0 N–H and O–H groups in total. The Balaban J connectivity index is 1.99. The summed E-state index contributed by atoms with van der Waals surface area (Å²) in [5.74, 6) is -1.28. The van der Waals surface area contributed by atoms with Crippen LogP contribution in [0.1, 0.15) is 40.5 Å². The largest absolute Gasteiger partial charge is 0.464 e. The fourth-order valence-electron chi connectivity index (χ4n) is 2.48. The van der Waals surface area contributed by atoms with E-state index in [4.69, 9.17) is 4.74 Å². The lowest BCUT2D eigenvalue weighted by atomic mass is 10.1. The number of ether oxygens (including phenoxy) is 1. The summed E-state index contributed by atoms with van der Waals surface area (Å²) in [6.07, 6.45) is 0.967. The van der Waals surface area contributed by atoms with E-state index in [0.29, 0.717) is 24.0 Å². The van der Waals surface area contributed by atoms with Gasteiger partial charge < -0.3 is 4.74 Å². The first kappa shape index (κ1) is 11.9. The van der Waals surface area contributed by atoms with Crippen molar-refractivity contribution >= 4 is 17.8 Å². The average Bonchev–Trinajstić information content (AvgIpc) is 3.16. The number of fused-ring (bicyclic) bond motifs is 1. The van der Waals surface area contributed by atoms with Gasteiger partial charge in [-0.15, -0.1) is 0 Å². The number of esters is 1. The summed E-state index contributed by atoms with van der Waals surface area (Å²) in [6.45, 7) is 1.94. The third-order valence-electron chi connectivity index (χ3n) is 3.60. The van der Waals surface area contributed by atoms with Crippen LogP contribution < -0.4 is 0 Å². The van der Waals surface area contributed by atoms with Crippen LogP contribution in [0.4, 0.5) is 0 Å². The molecule has 1 aromatic carbocycles. The highest BCUT2D eigenvalue weighted by atomic mass is 16.5. The molecular formula is C14H13NO4. The molecule has 3 rings (SSSR count). The van der Waals surface area contributed by atoms with Gasteiger partial charge in [0.25, 0.3) is 11.8 Å². The molecule has 0 radical (unpaired) electrons. The Labute approximate surface area is 110 Å². The van der Waals surface area contributed by atoms with E-state index in [1.54, 1.807) is 31.2 Å². The molecule has 0 spiro atoms. The second-order valence-electron chi connectivity index (χ2n) is 4.74. The van der Waals surface area contributed by atoms with Gasteiger partial charge in [0.15, 0.2) is 0 Å². The van der Waals surface area contributed by atoms with Crippen LogP contribution in [0, 0.1) is 0 Å². The Kier molecular flexibility index (Phi) is 2.45. The number of amides is 2. The van der Waals surface area contributed by atoms with Crippen molar-refractivity contribution in [2.24, 2.45) is 0 Å². The van der Waals surface area contributed by atoms with Gasteiger partial charge in [0, 0.05) is 0 Å². The summed E-state index contributed by atoms with van der Waals surface area (Å²) in [4.78, 5) is 37.7. The van der Waals surface area contributed by atoms with Crippen molar-refractivity contribution in [3.63, 3.8) is 0 Å². The highest BCUT2D eigenvalue weighted by molar-refractivity contribution is 6.23. The van der Waals surface area contributed by atoms with E-state index in [0.717, 1.165) is 4.90 Å². The zero-order chi connectivity index (χ0) is 13.6. The van der Waals surface area contributed by atoms with Crippen LogP contribution in [0.25, 0.3) is 0 Å². The summed E-state index contributed by atoms with van der Waals surface area (Å²) < 4.78 is 4.99. The molecule has 1 aliphatic carbocycles. The summed E-state index contributed by atoms with van der Waals surface area (Å²) in [5, 5.41) is 0. The molecule has 98 valence electrons. The maximum absolute atomic E-state index is 12.3. The molecule has 0 aromatic heterocycles. The van der Waals surface area contributed by atoms with E-state index in [1.807, 2.05) is 0 Å². The lowest BCUT2D eigenvalue weighted by Crippen LogP contribution is -2.47. The molecule has 1 fully saturated rings. The first-order chi connectivity index (χ1) is 9.12. The number of rotatable bonds is 3. The minimum atomic E-state index is -1.07. The normalized spacial score (nSPS) is 19.3. The highest BCUT2D eigenvalue weighted by Gasteiger charge is 2.62. The molecule has 2 amide bonds. The molecule has 1 heterocycles. The van der Waals surface area contributed by atoms with E-state index in [2.05, 4.69) is 0 Å². The number of benzene rings is 1. The fraction of sp³-hybridized carbons (Fsp3) is 0.357.